The Morgan fingerprint density at radius 1 is 1.24 bits per heavy atom. The van der Waals surface area contributed by atoms with E-state index in [0.717, 1.165) is 0 Å². The largest absolute Gasteiger partial charge is 0.493 e. The van der Waals surface area contributed by atoms with Gasteiger partial charge in [0.05, 0.1) is 7.11 Å². The molecule has 0 aliphatic heterocycles. The maximum absolute atomic E-state index is 11.8. The zero-order valence-corrected chi connectivity index (χ0v) is 12.5. The van der Waals surface area contributed by atoms with Crippen LogP contribution in [-0.4, -0.2) is 36.7 Å². The number of hydrogen-bond acceptors (Lipinski definition) is 4. The number of ether oxygens (including phenoxy) is 2. The molecule has 0 aliphatic carbocycles. The van der Waals surface area contributed by atoms with Gasteiger partial charge in [-0.3, -0.25) is 4.79 Å². The van der Waals surface area contributed by atoms with E-state index in [2.05, 4.69) is 5.32 Å². The van der Waals surface area contributed by atoms with Crippen molar-refractivity contribution < 1.29 is 24.2 Å². The molecule has 1 aromatic rings. The van der Waals surface area contributed by atoms with E-state index in [0.29, 0.717) is 17.9 Å². The average Bonchev–Trinajstić information content (AvgIpc) is 2.44. The van der Waals surface area contributed by atoms with Gasteiger partial charge in [0.25, 0.3) is 5.91 Å². The van der Waals surface area contributed by atoms with Crippen LogP contribution in [0, 0.1) is 5.92 Å². The van der Waals surface area contributed by atoms with Crippen LogP contribution in [0.3, 0.4) is 0 Å². The predicted octanol–water partition coefficient (Wildman–Crippen LogP) is 1.69. The van der Waals surface area contributed by atoms with Crippen molar-refractivity contribution in [2.24, 2.45) is 5.92 Å². The first-order chi connectivity index (χ1) is 9.93. The molecule has 1 unspecified atom stereocenters. The molecule has 0 spiro atoms. The Labute approximate surface area is 124 Å². The number of amides is 1. The van der Waals surface area contributed by atoms with Crippen LogP contribution in [-0.2, 0) is 9.59 Å². The second-order valence-electron chi connectivity index (χ2n) is 5.03. The molecule has 2 N–H and O–H groups in total. The van der Waals surface area contributed by atoms with E-state index < -0.39 is 17.9 Å². The smallest absolute Gasteiger partial charge is 0.326 e. The standard InChI is InChI=1S/C15H21NO5/c1-10(2)8-11(15(18)19)16-14(17)9-21-13-7-5-4-6-12(13)20-3/h4-7,10-11H,8-9H2,1-3H3,(H,16,17)(H,18,19). The molecule has 1 atom stereocenters. The van der Waals surface area contributed by atoms with Crippen LogP contribution >= 0.6 is 0 Å². The summed E-state index contributed by atoms with van der Waals surface area (Å²) in [5.74, 6) is -0.405. The Kier molecular flexibility index (Phi) is 6.52. The number of rotatable bonds is 8. The summed E-state index contributed by atoms with van der Waals surface area (Å²) in [7, 11) is 1.51. The number of para-hydroxylation sites is 2. The summed E-state index contributed by atoms with van der Waals surface area (Å²) in [6.07, 6.45) is 0.371. The van der Waals surface area contributed by atoms with Crippen LogP contribution < -0.4 is 14.8 Å². The highest BCUT2D eigenvalue weighted by Gasteiger charge is 2.21. The van der Waals surface area contributed by atoms with Gasteiger partial charge in [0, 0.05) is 0 Å². The highest BCUT2D eigenvalue weighted by molar-refractivity contribution is 5.84. The minimum Gasteiger partial charge on any atom is -0.493 e. The van der Waals surface area contributed by atoms with Gasteiger partial charge in [-0.05, 0) is 24.5 Å². The quantitative estimate of drug-likeness (QED) is 0.762. The molecule has 0 bridgehead atoms. The third kappa shape index (κ3) is 5.72. The molecule has 1 aromatic carbocycles. The van der Waals surface area contributed by atoms with Gasteiger partial charge in [-0.2, -0.15) is 0 Å². The van der Waals surface area contributed by atoms with Gasteiger partial charge in [-0.1, -0.05) is 26.0 Å². The van der Waals surface area contributed by atoms with Crippen molar-refractivity contribution in [3.05, 3.63) is 24.3 Å². The van der Waals surface area contributed by atoms with E-state index in [1.807, 2.05) is 13.8 Å². The number of benzene rings is 1. The number of carboxylic acid groups (broad SMARTS) is 1. The summed E-state index contributed by atoms with van der Waals surface area (Å²) >= 11 is 0. The van der Waals surface area contributed by atoms with Gasteiger partial charge in [0.2, 0.25) is 0 Å². The summed E-state index contributed by atoms with van der Waals surface area (Å²) in [5.41, 5.74) is 0. The van der Waals surface area contributed by atoms with E-state index >= 15 is 0 Å². The first kappa shape index (κ1) is 16.8. The molecule has 0 saturated carbocycles. The van der Waals surface area contributed by atoms with Crippen LogP contribution in [0.25, 0.3) is 0 Å². The Morgan fingerprint density at radius 3 is 2.38 bits per heavy atom. The fourth-order valence-electron chi connectivity index (χ4n) is 1.81. The lowest BCUT2D eigenvalue weighted by Gasteiger charge is -2.17. The summed E-state index contributed by atoms with van der Waals surface area (Å²) in [6.45, 7) is 3.53. The third-order valence-corrected chi connectivity index (χ3v) is 2.77. The monoisotopic (exact) mass is 295 g/mol. The van der Waals surface area contributed by atoms with Gasteiger partial charge in [0.15, 0.2) is 18.1 Å². The first-order valence-corrected chi connectivity index (χ1v) is 6.72. The van der Waals surface area contributed by atoms with Crippen LogP contribution in [0.15, 0.2) is 24.3 Å². The van der Waals surface area contributed by atoms with E-state index in [-0.39, 0.29) is 12.5 Å². The Balaban J connectivity index is 2.54. The van der Waals surface area contributed by atoms with E-state index in [4.69, 9.17) is 14.6 Å². The summed E-state index contributed by atoms with van der Waals surface area (Å²) in [6, 6.07) is 6.03. The zero-order valence-electron chi connectivity index (χ0n) is 12.5. The number of carboxylic acids is 1. The maximum Gasteiger partial charge on any atom is 0.326 e. The van der Waals surface area contributed by atoms with Crippen molar-refractivity contribution in [2.45, 2.75) is 26.3 Å². The molecule has 116 valence electrons. The molecule has 0 aliphatic rings. The molecule has 0 fully saturated rings. The average molecular weight is 295 g/mol. The van der Waals surface area contributed by atoms with Crippen molar-refractivity contribution in [1.82, 2.24) is 5.32 Å². The van der Waals surface area contributed by atoms with Gasteiger partial charge in [-0.25, -0.2) is 4.79 Å². The van der Waals surface area contributed by atoms with Crippen LogP contribution in [0.2, 0.25) is 0 Å². The lowest BCUT2D eigenvalue weighted by atomic mass is 10.0. The zero-order chi connectivity index (χ0) is 15.8. The van der Waals surface area contributed by atoms with Crippen molar-refractivity contribution in [2.75, 3.05) is 13.7 Å². The molecule has 0 saturated heterocycles. The Bertz CT molecular complexity index is 487. The molecule has 1 amide bonds. The van der Waals surface area contributed by atoms with Gasteiger partial charge >= 0.3 is 5.97 Å². The molecule has 6 heteroatoms. The minimum absolute atomic E-state index is 0.168. The summed E-state index contributed by atoms with van der Waals surface area (Å²) in [5, 5.41) is 11.5. The molecular weight excluding hydrogens is 274 g/mol. The van der Waals surface area contributed by atoms with Crippen molar-refractivity contribution in [3.63, 3.8) is 0 Å². The molecule has 6 nitrogen and oxygen atoms in total. The molecule has 21 heavy (non-hydrogen) atoms. The number of carbonyl (C=O) groups is 2. The Hall–Kier alpha value is -2.24. The van der Waals surface area contributed by atoms with Crippen molar-refractivity contribution in [1.29, 1.82) is 0 Å². The normalized spacial score (nSPS) is 11.8. The number of methoxy groups -OCH3 is 1. The third-order valence-electron chi connectivity index (χ3n) is 2.77. The van der Waals surface area contributed by atoms with E-state index in [1.54, 1.807) is 24.3 Å². The molecule has 0 aromatic heterocycles. The summed E-state index contributed by atoms with van der Waals surface area (Å²) in [4.78, 5) is 22.8. The second-order valence-corrected chi connectivity index (χ2v) is 5.03. The summed E-state index contributed by atoms with van der Waals surface area (Å²) < 4.78 is 10.4. The maximum atomic E-state index is 11.8. The van der Waals surface area contributed by atoms with Crippen LogP contribution in [0.1, 0.15) is 20.3 Å². The van der Waals surface area contributed by atoms with Crippen molar-refractivity contribution in [3.8, 4) is 11.5 Å². The first-order valence-electron chi connectivity index (χ1n) is 6.72. The number of aliphatic carboxylic acids is 1. The van der Waals surface area contributed by atoms with E-state index in [1.165, 1.54) is 7.11 Å². The van der Waals surface area contributed by atoms with Crippen LogP contribution in [0.5, 0.6) is 11.5 Å². The predicted molar refractivity (Wildman–Crippen MR) is 77.5 cm³/mol. The van der Waals surface area contributed by atoms with Crippen LogP contribution in [0.4, 0.5) is 0 Å². The molecule has 1 rings (SSSR count). The lowest BCUT2D eigenvalue weighted by molar-refractivity contribution is -0.142. The minimum atomic E-state index is -1.05. The Morgan fingerprint density at radius 2 is 1.86 bits per heavy atom. The molecule has 0 heterocycles. The fourth-order valence-corrected chi connectivity index (χ4v) is 1.81. The SMILES string of the molecule is COc1ccccc1OCC(=O)NC(CC(C)C)C(=O)O. The number of hydrogen-bond donors (Lipinski definition) is 2. The lowest BCUT2D eigenvalue weighted by Crippen LogP contribution is -2.43. The highest BCUT2D eigenvalue weighted by Crippen LogP contribution is 2.25. The number of carbonyl (C=O) groups excluding carboxylic acids is 1. The van der Waals surface area contributed by atoms with Gasteiger partial charge < -0.3 is 19.9 Å². The topological polar surface area (TPSA) is 84.9 Å². The second kappa shape index (κ2) is 8.14. The molecule has 0 radical (unpaired) electrons. The van der Waals surface area contributed by atoms with Gasteiger partial charge in [-0.15, -0.1) is 0 Å². The number of nitrogens with one attached hydrogen (secondary N) is 1. The van der Waals surface area contributed by atoms with Gasteiger partial charge in [0.1, 0.15) is 6.04 Å². The molecular formula is C15H21NO5. The van der Waals surface area contributed by atoms with E-state index in [9.17, 15) is 9.59 Å². The highest BCUT2D eigenvalue weighted by atomic mass is 16.5. The fraction of sp³-hybridized carbons (Fsp3) is 0.467. The van der Waals surface area contributed by atoms with Crippen molar-refractivity contribution >= 4 is 11.9 Å².